The summed E-state index contributed by atoms with van der Waals surface area (Å²) < 4.78 is 5.74. The number of anilines is 1. The third kappa shape index (κ3) is 3.73. The number of ketones is 1. The Kier molecular flexibility index (Phi) is 5.83. The number of benzene rings is 3. The Morgan fingerprint density at radius 1 is 0.892 bits per heavy atom. The zero-order chi connectivity index (χ0) is 25.5. The summed E-state index contributed by atoms with van der Waals surface area (Å²) in [5, 5.41) is 6.29. The number of rotatable bonds is 7. The number of ether oxygens (including phenoxy) is 1. The van der Waals surface area contributed by atoms with Gasteiger partial charge in [0.15, 0.2) is 5.78 Å². The van der Waals surface area contributed by atoms with Crippen LogP contribution in [0.15, 0.2) is 84.0 Å². The van der Waals surface area contributed by atoms with Crippen molar-refractivity contribution in [2.45, 2.75) is 31.8 Å². The Morgan fingerprint density at radius 3 is 2.35 bits per heavy atom. The molecule has 186 valence electrons. The van der Waals surface area contributed by atoms with Crippen molar-refractivity contribution in [2.24, 2.45) is 16.9 Å². The lowest BCUT2D eigenvalue weighted by Gasteiger charge is -2.33. The number of hydrazone groups is 1. The highest BCUT2D eigenvalue weighted by Gasteiger charge is 2.65. The molecule has 0 aliphatic carbocycles. The van der Waals surface area contributed by atoms with E-state index >= 15 is 0 Å². The average Bonchev–Trinajstić information content (AvgIpc) is 3.41. The molecule has 2 amide bonds. The van der Waals surface area contributed by atoms with Crippen LogP contribution in [0.4, 0.5) is 5.69 Å². The van der Waals surface area contributed by atoms with Gasteiger partial charge in [0.2, 0.25) is 11.8 Å². The molecule has 2 saturated heterocycles. The first-order chi connectivity index (χ1) is 18.1. The third-order valence-corrected chi connectivity index (χ3v) is 7.48. The van der Waals surface area contributed by atoms with Crippen LogP contribution >= 0.6 is 0 Å². The molecular formula is C30H27N3O4. The van der Waals surface area contributed by atoms with Crippen molar-refractivity contribution < 1.29 is 19.1 Å². The summed E-state index contributed by atoms with van der Waals surface area (Å²) in [5.41, 5.74) is 2.77. The molecule has 6 rings (SSSR count). The van der Waals surface area contributed by atoms with Gasteiger partial charge in [-0.2, -0.15) is 5.10 Å². The normalized spacial score (nSPS) is 23.6. The molecule has 3 aromatic carbocycles. The summed E-state index contributed by atoms with van der Waals surface area (Å²) in [6, 6.07) is 22.3. The molecule has 7 nitrogen and oxygen atoms in total. The fraction of sp³-hybridized carbons (Fsp3) is 0.267. The molecule has 7 heteroatoms. The predicted octanol–water partition coefficient (Wildman–Crippen LogP) is 4.63. The van der Waals surface area contributed by atoms with Crippen LogP contribution in [-0.4, -0.2) is 41.5 Å². The number of amides is 2. The standard InChI is InChI=1S/C30H27N3O4/c1-2-3-17-37-22-15-13-21(14-16-22)32-29(35)24-25(30(32)36)27(28(34)19-9-5-4-6-10-19)33-26(24)23-12-8-7-11-20(23)18-31-33/h4-16,18,24-27H,2-3,17H2,1H3/t24-,25+,26-,27+/m0/s1. The number of nitrogens with zero attached hydrogens (tertiary/aromatic N) is 3. The van der Waals surface area contributed by atoms with Gasteiger partial charge in [0.05, 0.1) is 36.4 Å². The van der Waals surface area contributed by atoms with E-state index in [4.69, 9.17) is 4.74 Å². The van der Waals surface area contributed by atoms with Gasteiger partial charge in [-0.15, -0.1) is 0 Å². The molecule has 0 saturated carbocycles. The highest BCUT2D eigenvalue weighted by Crippen LogP contribution is 2.53. The maximum absolute atomic E-state index is 13.9. The van der Waals surface area contributed by atoms with Crippen LogP contribution in [0, 0.1) is 11.8 Å². The number of fused-ring (bicyclic) bond motifs is 5. The van der Waals surface area contributed by atoms with E-state index in [0.717, 1.165) is 24.0 Å². The summed E-state index contributed by atoms with van der Waals surface area (Å²) in [4.78, 5) is 42.9. The van der Waals surface area contributed by atoms with Crippen LogP contribution in [0.5, 0.6) is 5.75 Å². The molecule has 4 atom stereocenters. The van der Waals surface area contributed by atoms with E-state index < -0.39 is 23.9 Å². The predicted molar refractivity (Wildman–Crippen MR) is 139 cm³/mol. The number of carbonyl (C=O) groups is 3. The van der Waals surface area contributed by atoms with Gasteiger partial charge in [-0.25, -0.2) is 4.90 Å². The highest BCUT2D eigenvalue weighted by atomic mass is 16.5. The van der Waals surface area contributed by atoms with Crippen LogP contribution in [0.25, 0.3) is 0 Å². The van der Waals surface area contributed by atoms with Gasteiger partial charge >= 0.3 is 0 Å². The van der Waals surface area contributed by atoms with Crippen molar-refractivity contribution in [1.29, 1.82) is 0 Å². The van der Waals surface area contributed by atoms with Crippen LogP contribution < -0.4 is 9.64 Å². The van der Waals surface area contributed by atoms with E-state index in [0.29, 0.717) is 23.6 Å². The van der Waals surface area contributed by atoms with E-state index in [1.165, 1.54) is 4.90 Å². The fourth-order valence-corrected chi connectivity index (χ4v) is 5.72. The third-order valence-electron chi connectivity index (χ3n) is 7.48. The van der Waals surface area contributed by atoms with Gasteiger partial charge in [-0.05, 0) is 41.8 Å². The van der Waals surface area contributed by atoms with Gasteiger partial charge in [-0.3, -0.25) is 19.4 Å². The van der Waals surface area contributed by atoms with Crippen LogP contribution in [0.1, 0.15) is 47.3 Å². The van der Waals surface area contributed by atoms with E-state index in [2.05, 4.69) is 12.0 Å². The molecule has 0 aromatic heterocycles. The first-order valence-corrected chi connectivity index (χ1v) is 12.7. The van der Waals surface area contributed by atoms with Crippen molar-refractivity contribution >= 4 is 29.5 Å². The van der Waals surface area contributed by atoms with Crippen molar-refractivity contribution in [2.75, 3.05) is 11.5 Å². The minimum atomic E-state index is -0.875. The Labute approximate surface area is 215 Å². The van der Waals surface area contributed by atoms with Crippen LogP contribution in [0.2, 0.25) is 0 Å². The second-order valence-electron chi connectivity index (χ2n) is 9.63. The van der Waals surface area contributed by atoms with Gasteiger partial charge < -0.3 is 4.74 Å². The number of Topliss-reactive ketones (excluding diaryl/α,β-unsaturated/α-hetero) is 1. The molecule has 3 aromatic rings. The van der Waals surface area contributed by atoms with Crippen molar-refractivity contribution in [3.05, 3.63) is 95.6 Å². The second-order valence-corrected chi connectivity index (χ2v) is 9.63. The lowest BCUT2D eigenvalue weighted by molar-refractivity contribution is -0.124. The molecule has 3 aliphatic rings. The first kappa shape index (κ1) is 23.2. The monoisotopic (exact) mass is 493 g/mol. The minimum Gasteiger partial charge on any atom is -0.494 e. The van der Waals surface area contributed by atoms with E-state index in [1.807, 2.05) is 30.3 Å². The molecule has 0 spiro atoms. The number of unbranched alkanes of at least 4 members (excludes halogenated alkanes) is 1. The average molecular weight is 494 g/mol. The molecule has 2 fully saturated rings. The number of hydrogen-bond donors (Lipinski definition) is 0. The number of hydrogen-bond acceptors (Lipinski definition) is 6. The maximum atomic E-state index is 13.9. The molecule has 37 heavy (non-hydrogen) atoms. The Balaban J connectivity index is 1.39. The smallest absolute Gasteiger partial charge is 0.240 e. The molecule has 3 heterocycles. The molecule has 0 N–H and O–H groups in total. The van der Waals surface area contributed by atoms with E-state index in [-0.39, 0.29) is 17.6 Å². The Morgan fingerprint density at radius 2 is 1.59 bits per heavy atom. The molecule has 0 radical (unpaired) electrons. The largest absolute Gasteiger partial charge is 0.494 e. The fourth-order valence-electron chi connectivity index (χ4n) is 5.72. The first-order valence-electron chi connectivity index (χ1n) is 12.7. The lowest BCUT2D eigenvalue weighted by Crippen LogP contribution is -2.44. The van der Waals surface area contributed by atoms with Crippen LogP contribution in [-0.2, 0) is 9.59 Å². The molecule has 0 bridgehead atoms. The Bertz CT molecular complexity index is 1390. The summed E-state index contributed by atoms with van der Waals surface area (Å²) in [6.07, 6.45) is 3.70. The Hall–Kier alpha value is -4.26. The van der Waals surface area contributed by atoms with E-state index in [9.17, 15) is 14.4 Å². The van der Waals surface area contributed by atoms with Crippen molar-refractivity contribution in [3.63, 3.8) is 0 Å². The second kappa shape index (κ2) is 9.32. The topological polar surface area (TPSA) is 79.3 Å². The minimum absolute atomic E-state index is 0.211. The van der Waals surface area contributed by atoms with Crippen molar-refractivity contribution in [3.8, 4) is 5.75 Å². The lowest BCUT2D eigenvalue weighted by atomic mass is 9.83. The quantitative estimate of drug-likeness (QED) is 0.273. The van der Waals surface area contributed by atoms with E-state index in [1.54, 1.807) is 59.8 Å². The maximum Gasteiger partial charge on any atom is 0.240 e. The van der Waals surface area contributed by atoms with Gasteiger partial charge in [0.25, 0.3) is 0 Å². The molecular weight excluding hydrogens is 466 g/mol. The summed E-state index contributed by atoms with van der Waals surface area (Å²) in [5.74, 6) is -1.75. The molecule has 3 aliphatic heterocycles. The summed E-state index contributed by atoms with van der Waals surface area (Å²) in [7, 11) is 0. The van der Waals surface area contributed by atoms with Crippen molar-refractivity contribution in [1.82, 2.24) is 5.01 Å². The zero-order valence-corrected chi connectivity index (χ0v) is 20.5. The number of carbonyl (C=O) groups excluding carboxylic acids is 3. The summed E-state index contributed by atoms with van der Waals surface area (Å²) >= 11 is 0. The molecule has 0 unspecified atom stereocenters. The summed E-state index contributed by atoms with van der Waals surface area (Å²) in [6.45, 7) is 2.71. The van der Waals surface area contributed by atoms with Crippen LogP contribution in [0.3, 0.4) is 0 Å². The number of imide groups is 1. The van der Waals surface area contributed by atoms with Gasteiger partial charge in [0.1, 0.15) is 11.8 Å². The highest BCUT2D eigenvalue weighted by molar-refractivity contribution is 6.24. The van der Waals surface area contributed by atoms with Gasteiger partial charge in [-0.1, -0.05) is 67.9 Å². The SMILES string of the molecule is CCCCOc1ccc(N2C(=O)[C@@H]3[C@H](C2=O)[C@@H]2c4ccccc4C=NN2[C@H]3C(=O)c2ccccc2)cc1. The van der Waals surface area contributed by atoms with Gasteiger partial charge in [0, 0.05) is 5.56 Å². The zero-order valence-electron chi connectivity index (χ0n) is 20.5.